The Hall–Kier alpha value is -5.38. The van der Waals surface area contributed by atoms with E-state index in [9.17, 15) is 14.4 Å². The molecular weight excluding hydrogens is 522 g/mol. The number of amides is 3. The topological polar surface area (TPSA) is 138 Å². The van der Waals surface area contributed by atoms with Crippen molar-refractivity contribution in [2.45, 2.75) is 25.8 Å². The zero-order valence-electron chi connectivity index (χ0n) is 22.8. The fourth-order valence-electron chi connectivity index (χ4n) is 4.53. The molecule has 2 heterocycles. The van der Waals surface area contributed by atoms with Crippen LogP contribution in [0.3, 0.4) is 0 Å². The van der Waals surface area contributed by atoms with Gasteiger partial charge in [0.1, 0.15) is 11.4 Å². The first-order chi connectivity index (χ1) is 19.7. The summed E-state index contributed by atoms with van der Waals surface area (Å²) in [6.45, 7) is 3.66. The van der Waals surface area contributed by atoms with Crippen LogP contribution in [-0.4, -0.2) is 40.3 Å². The van der Waals surface area contributed by atoms with E-state index in [1.807, 2.05) is 56.3 Å². The summed E-state index contributed by atoms with van der Waals surface area (Å²) in [5.41, 5.74) is 3.27. The molecule has 10 heteroatoms. The van der Waals surface area contributed by atoms with Crippen molar-refractivity contribution in [2.24, 2.45) is 0 Å². The number of methoxy groups -OCH3 is 1. The summed E-state index contributed by atoms with van der Waals surface area (Å²) in [5.74, 6) is -0.832. The van der Waals surface area contributed by atoms with Crippen molar-refractivity contribution in [1.82, 2.24) is 15.3 Å². The number of aromatic amines is 1. The lowest BCUT2D eigenvalue weighted by Gasteiger charge is -2.26. The van der Waals surface area contributed by atoms with E-state index >= 15 is 0 Å². The van der Waals surface area contributed by atoms with Crippen molar-refractivity contribution in [3.05, 3.63) is 96.6 Å². The molecule has 5 rings (SSSR count). The number of anilines is 2. The Bertz CT molecular complexity index is 1670. The molecule has 0 saturated carbocycles. The van der Waals surface area contributed by atoms with Crippen LogP contribution >= 0.6 is 0 Å². The van der Waals surface area contributed by atoms with Gasteiger partial charge < -0.3 is 30.1 Å². The summed E-state index contributed by atoms with van der Waals surface area (Å²) in [7, 11) is 1.50. The Morgan fingerprint density at radius 1 is 0.927 bits per heavy atom. The van der Waals surface area contributed by atoms with Crippen LogP contribution in [0.15, 0.2) is 89.8 Å². The lowest BCUT2D eigenvalue weighted by molar-refractivity contribution is -0.137. The molecule has 2 aromatic heterocycles. The highest BCUT2D eigenvalue weighted by atomic mass is 16.5. The first-order valence-electron chi connectivity index (χ1n) is 12.9. The van der Waals surface area contributed by atoms with Crippen LogP contribution in [0.1, 0.15) is 29.9 Å². The lowest BCUT2D eigenvalue weighted by atomic mass is 9.94. The second-order valence-electron chi connectivity index (χ2n) is 10.2. The Labute approximate surface area is 236 Å². The van der Waals surface area contributed by atoms with Gasteiger partial charge in [0, 0.05) is 33.9 Å². The van der Waals surface area contributed by atoms with Crippen molar-refractivity contribution < 1.29 is 23.5 Å². The Balaban J connectivity index is 1.16. The number of oxazole rings is 1. The molecule has 4 N–H and O–H groups in total. The molecule has 0 unspecified atom stereocenters. The van der Waals surface area contributed by atoms with Gasteiger partial charge in [0.2, 0.25) is 0 Å². The summed E-state index contributed by atoms with van der Waals surface area (Å²) in [6, 6.07) is 21.8. The highest BCUT2D eigenvalue weighted by molar-refractivity contribution is 6.39. The number of benzene rings is 3. The summed E-state index contributed by atoms with van der Waals surface area (Å²) in [6.07, 6.45) is 3.33. The van der Waals surface area contributed by atoms with Gasteiger partial charge in [-0.3, -0.25) is 14.4 Å². The molecule has 3 aromatic carbocycles. The zero-order valence-corrected chi connectivity index (χ0v) is 22.8. The molecule has 0 aliphatic rings. The molecule has 0 aliphatic carbocycles. The van der Waals surface area contributed by atoms with Gasteiger partial charge in [0.05, 0.1) is 18.9 Å². The van der Waals surface area contributed by atoms with Crippen molar-refractivity contribution in [3.63, 3.8) is 0 Å². The molecule has 41 heavy (non-hydrogen) atoms. The largest absolute Gasteiger partial charge is 0.496 e. The third kappa shape index (κ3) is 6.44. The van der Waals surface area contributed by atoms with Gasteiger partial charge in [-0.25, -0.2) is 4.98 Å². The number of nitrogens with one attached hydrogen (secondary N) is 4. The molecule has 0 spiro atoms. The smallest absolute Gasteiger partial charge is 0.313 e. The highest BCUT2D eigenvalue weighted by Crippen LogP contribution is 2.32. The number of aromatic nitrogens is 2. The number of hydrogen-bond donors (Lipinski definition) is 4. The van der Waals surface area contributed by atoms with Gasteiger partial charge in [-0.1, -0.05) is 30.3 Å². The van der Waals surface area contributed by atoms with Crippen molar-refractivity contribution >= 4 is 40.0 Å². The Morgan fingerprint density at radius 2 is 1.68 bits per heavy atom. The SMILES string of the molecule is COc1cc(NC(=O)C(=O)NC(C)(C)Cc2ccc(NC(=O)c3cc4ccccc4[nH]3)cc2)ccc1-c1cnco1. The average Bonchev–Trinajstić information content (AvgIpc) is 3.64. The number of rotatable bonds is 8. The number of hydrogen-bond acceptors (Lipinski definition) is 6. The maximum absolute atomic E-state index is 12.7. The lowest BCUT2D eigenvalue weighted by Crippen LogP contribution is -2.49. The van der Waals surface area contributed by atoms with Crippen LogP contribution in [0.4, 0.5) is 11.4 Å². The van der Waals surface area contributed by atoms with Crippen LogP contribution < -0.4 is 20.7 Å². The van der Waals surface area contributed by atoms with Crippen LogP contribution in [0.2, 0.25) is 0 Å². The quantitative estimate of drug-likeness (QED) is 0.197. The van der Waals surface area contributed by atoms with E-state index in [1.165, 1.54) is 13.5 Å². The molecular formula is C31H29N5O5. The van der Waals surface area contributed by atoms with Gasteiger partial charge in [0.15, 0.2) is 12.2 Å². The molecule has 208 valence electrons. The van der Waals surface area contributed by atoms with Crippen LogP contribution in [0.5, 0.6) is 5.75 Å². The number of nitrogens with zero attached hydrogens (tertiary/aromatic N) is 1. The summed E-state index contributed by atoms with van der Waals surface area (Å²) < 4.78 is 10.7. The third-order valence-corrected chi connectivity index (χ3v) is 6.45. The van der Waals surface area contributed by atoms with E-state index in [-0.39, 0.29) is 5.91 Å². The molecule has 0 bridgehead atoms. The minimum Gasteiger partial charge on any atom is -0.496 e. The molecule has 0 saturated heterocycles. The predicted octanol–water partition coefficient (Wildman–Crippen LogP) is 5.16. The summed E-state index contributed by atoms with van der Waals surface area (Å²) >= 11 is 0. The molecule has 0 radical (unpaired) electrons. The monoisotopic (exact) mass is 551 g/mol. The molecule has 0 fully saturated rings. The normalized spacial score (nSPS) is 11.2. The van der Waals surface area contributed by atoms with Crippen molar-refractivity contribution in [3.8, 4) is 17.1 Å². The Kier molecular flexibility index (Phi) is 7.55. The van der Waals surface area contributed by atoms with Gasteiger partial charge in [-0.15, -0.1) is 0 Å². The number of H-pyrrole nitrogens is 1. The van der Waals surface area contributed by atoms with Crippen molar-refractivity contribution in [1.29, 1.82) is 0 Å². The second-order valence-corrected chi connectivity index (χ2v) is 10.2. The second kappa shape index (κ2) is 11.4. The molecule has 5 aromatic rings. The zero-order chi connectivity index (χ0) is 29.0. The predicted molar refractivity (Wildman–Crippen MR) is 156 cm³/mol. The standard InChI is InChI=1S/C31H29N5O5/c1-31(2,36-30(39)29(38)34-22-12-13-23(26(15-22)40-3)27-17-32-18-41-27)16-19-8-10-21(11-9-19)33-28(37)25-14-20-6-4-5-7-24(20)35-25/h4-15,17-18,35H,16H2,1-3H3,(H,33,37)(H,34,38)(H,36,39). The maximum atomic E-state index is 12.7. The number of carbonyl (C=O) groups excluding carboxylic acids is 3. The number of carbonyl (C=O) groups is 3. The van der Waals surface area contributed by atoms with E-state index in [0.29, 0.717) is 40.6 Å². The van der Waals surface area contributed by atoms with E-state index in [1.54, 1.807) is 36.5 Å². The van der Waals surface area contributed by atoms with Crippen LogP contribution in [0.25, 0.3) is 22.2 Å². The minimum atomic E-state index is -0.803. The molecule has 0 aliphatic heterocycles. The van der Waals surface area contributed by atoms with E-state index in [2.05, 4.69) is 25.9 Å². The summed E-state index contributed by atoms with van der Waals surface area (Å²) in [4.78, 5) is 45.0. The number of ether oxygens (including phenoxy) is 1. The Morgan fingerprint density at radius 3 is 2.39 bits per heavy atom. The van der Waals surface area contributed by atoms with Crippen LogP contribution in [0, 0.1) is 0 Å². The fraction of sp³-hybridized carbons (Fsp3) is 0.161. The first-order valence-corrected chi connectivity index (χ1v) is 12.9. The van der Waals surface area contributed by atoms with Crippen LogP contribution in [-0.2, 0) is 16.0 Å². The molecule has 3 amide bonds. The number of para-hydroxylation sites is 1. The number of fused-ring (bicyclic) bond motifs is 1. The highest BCUT2D eigenvalue weighted by Gasteiger charge is 2.25. The first kappa shape index (κ1) is 27.2. The maximum Gasteiger partial charge on any atom is 0.313 e. The van der Waals surface area contributed by atoms with E-state index < -0.39 is 17.4 Å². The van der Waals surface area contributed by atoms with E-state index in [4.69, 9.17) is 9.15 Å². The van der Waals surface area contributed by atoms with E-state index in [0.717, 1.165) is 16.5 Å². The molecule has 10 nitrogen and oxygen atoms in total. The average molecular weight is 552 g/mol. The van der Waals surface area contributed by atoms with Gasteiger partial charge in [-0.05, 0) is 62.2 Å². The minimum absolute atomic E-state index is 0.238. The van der Waals surface area contributed by atoms with Gasteiger partial charge >= 0.3 is 11.8 Å². The van der Waals surface area contributed by atoms with Gasteiger partial charge in [-0.2, -0.15) is 0 Å². The third-order valence-electron chi connectivity index (χ3n) is 6.45. The van der Waals surface area contributed by atoms with Gasteiger partial charge in [0.25, 0.3) is 5.91 Å². The fourth-order valence-corrected chi connectivity index (χ4v) is 4.53. The summed E-state index contributed by atoms with van der Waals surface area (Å²) in [5, 5.41) is 9.24. The van der Waals surface area contributed by atoms with Crippen molar-refractivity contribution in [2.75, 3.05) is 17.7 Å². The molecule has 0 atom stereocenters.